The lowest BCUT2D eigenvalue weighted by atomic mass is 10.2. The van der Waals surface area contributed by atoms with Gasteiger partial charge in [-0.25, -0.2) is 5.90 Å². The fourth-order valence-electron chi connectivity index (χ4n) is 1.55. The van der Waals surface area contributed by atoms with Crippen molar-refractivity contribution < 1.29 is 18.8 Å². The molecule has 0 bridgehead atoms. The molecule has 0 saturated heterocycles. The first-order chi connectivity index (χ1) is 9.19. The van der Waals surface area contributed by atoms with Gasteiger partial charge in [0.15, 0.2) is 11.5 Å². The average Bonchev–Trinajstić information content (AvgIpc) is 2.86. The summed E-state index contributed by atoms with van der Waals surface area (Å²) in [4.78, 5) is 8.52. The molecule has 0 fully saturated rings. The molecule has 2 aromatic rings. The van der Waals surface area contributed by atoms with Crippen molar-refractivity contribution in [1.29, 1.82) is 0 Å². The van der Waals surface area contributed by atoms with Gasteiger partial charge in [-0.15, -0.1) is 0 Å². The van der Waals surface area contributed by atoms with E-state index in [9.17, 15) is 0 Å². The zero-order chi connectivity index (χ0) is 13.8. The van der Waals surface area contributed by atoms with Crippen molar-refractivity contribution in [3.8, 4) is 22.9 Å². The first-order valence-corrected chi connectivity index (χ1v) is 5.63. The molecule has 0 aliphatic carbocycles. The number of rotatable bonds is 5. The largest absolute Gasteiger partial charge is 0.493 e. The van der Waals surface area contributed by atoms with E-state index in [0.717, 1.165) is 0 Å². The van der Waals surface area contributed by atoms with Gasteiger partial charge >= 0.3 is 0 Å². The van der Waals surface area contributed by atoms with Crippen LogP contribution in [0.25, 0.3) is 11.4 Å². The molecule has 0 amide bonds. The van der Waals surface area contributed by atoms with Crippen LogP contribution in [0.2, 0.25) is 5.02 Å². The van der Waals surface area contributed by atoms with E-state index in [2.05, 4.69) is 15.0 Å². The van der Waals surface area contributed by atoms with Crippen molar-refractivity contribution in [2.75, 3.05) is 14.2 Å². The number of benzene rings is 1. The summed E-state index contributed by atoms with van der Waals surface area (Å²) in [5.74, 6) is 6.48. The van der Waals surface area contributed by atoms with Crippen LogP contribution in [0.3, 0.4) is 0 Å². The normalized spacial score (nSPS) is 10.5. The number of aromatic nitrogens is 2. The lowest BCUT2D eigenvalue weighted by Gasteiger charge is -2.10. The third-order valence-corrected chi connectivity index (χ3v) is 2.65. The number of nitrogens with zero attached hydrogens (tertiary/aromatic N) is 2. The van der Waals surface area contributed by atoms with Crippen LogP contribution in [0.4, 0.5) is 0 Å². The zero-order valence-electron chi connectivity index (χ0n) is 10.3. The SMILES string of the molecule is COc1cc(-c2noc(CON)n2)cc(Cl)c1OC. The minimum absolute atomic E-state index is 0.0357. The van der Waals surface area contributed by atoms with Crippen molar-refractivity contribution in [1.82, 2.24) is 10.1 Å². The lowest BCUT2D eigenvalue weighted by Crippen LogP contribution is -1.98. The monoisotopic (exact) mass is 285 g/mol. The maximum Gasteiger partial charge on any atom is 0.255 e. The fourth-order valence-corrected chi connectivity index (χ4v) is 1.84. The molecule has 0 radical (unpaired) electrons. The third-order valence-electron chi connectivity index (χ3n) is 2.37. The molecule has 0 aliphatic heterocycles. The number of hydrogen-bond acceptors (Lipinski definition) is 7. The zero-order valence-corrected chi connectivity index (χ0v) is 11.1. The van der Waals surface area contributed by atoms with Crippen LogP contribution in [-0.4, -0.2) is 24.4 Å². The van der Waals surface area contributed by atoms with E-state index in [1.165, 1.54) is 14.2 Å². The number of ether oxygens (including phenoxy) is 2. The first-order valence-electron chi connectivity index (χ1n) is 5.25. The van der Waals surface area contributed by atoms with E-state index in [-0.39, 0.29) is 12.5 Å². The minimum Gasteiger partial charge on any atom is -0.493 e. The van der Waals surface area contributed by atoms with Crippen molar-refractivity contribution in [2.45, 2.75) is 6.61 Å². The highest BCUT2D eigenvalue weighted by Gasteiger charge is 2.15. The molecule has 0 saturated carbocycles. The molecular formula is C11H12ClN3O4. The summed E-state index contributed by atoms with van der Waals surface area (Å²) in [5.41, 5.74) is 0.634. The summed E-state index contributed by atoms with van der Waals surface area (Å²) >= 11 is 6.10. The molecular weight excluding hydrogens is 274 g/mol. The second kappa shape index (κ2) is 5.87. The maximum atomic E-state index is 6.10. The van der Waals surface area contributed by atoms with Gasteiger partial charge in [0.05, 0.1) is 19.2 Å². The van der Waals surface area contributed by atoms with Gasteiger partial charge in [0.1, 0.15) is 6.61 Å². The molecule has 0 spiro atoms. The minimum atomic E-state index is 0.0357. The van der Waals surface area contributed by atoms with Crippen LogP contribution in [-0.2, 0) is 11.4 Å². The van der Waals surface area contributed by atoms with Crippen molar-refractivity contribution >= 4 is 11.6 Å². The highest BCUT2D eigenvalue weighted by Crippen LogP contribution is 2.38. The Hall–Kier alpha value is -1.83. The molecule has 2 rings (SSSR count). The van der Waals surface area contributed by atoms with Crippen LogP contribution in [0.1, 0.15) is 5.89 Å². The van der Waals surface area contributed by atoms with E-state index < -0.39 is 0 Å². The van der Waals surface area contributed by atoms with Crippen molar-refractivity contribution in [3.05, 3.63) is 23.0 Å². The number of hydrogen-bond donors (Lipinski definition) is 1. The summed E-state index contributed by atoms with van der Waals surface area (Å²) in [6.07, 6.45) is 0. The van der Waals surface area contributed by atoms with Crippen LogP contribution >= 0.6 is 11.6 Å². The summed E-state index contributed by atoms with van der Waals surface area (Å²) in [6, 6.07) is 3.35. The van der Waals surface area contributed by atoms with Gasteiger partial charge < -0.3 is 14.0 Å². The van der Waals surface area contributed by atoms with Gasteiger partial charge in [-0.1, -0.05) is 16.8 Å². The van der Waals surface area contributed by atoms with Crippen LogP contribution in [0.15, 0.2) is 16.7 Å². The number of halogens is 1. The van der Waals surface area contributed by atoms with Gasteiger partial charge in [-0.2, -0.15) is 4.98 Å². The predicted octanol–water partition coefficient (Wildman–Crippen LogP) is 1.80. The Bertz CT molecular complexity index is 573. The van der Waals surface area contributed by atoms with Gasteiger partial charge in [0.2, 0.25) is 5.82 Å². The van der Waals surface area contributed by atoms with Gasteiger partial charge in [0.25, 0.3) is 5.89 Å². The Labute approximate surface area is 114 Å². The predicted molar refractivity (Wildman–Crippen MR) is 66.8 cm³/mol. The molecule has 1 aromatic heterocycles. The second-order valence-electron chi connectivity index (χ2n) is 3.52. The molecule has 19 heavy (non-hydrogen) atoms. The fraction of sp³-hybridized carbons (Fsp3) is 0.273. The van der Waals surface area contributed by atoms with E-state index in [0.29, 0.717) is 27.9 Å². The molecule has 0 aliphatic rings. The molecule has 2 N–H and O–H groups in total. The maximum absolute atomic E-state index is 6.10. The van der Waals surface area contributed by atoms with E-state index in [1.807, 2.05) is 0 Å². The van der Waals surface area contributed by atoms with E-state index in [1.54, 1.807) is 12.1 Å². The molecule has 0 unspecified atom stereocenters. The third kappa shape index (κ3) is 2.78. The molecule has 1 aromatic carbocycles. The Balaban J connectivity index is 2.41. The Morgan fingerprint density at radius 3 is 2.74 bits per heavy atom. The number of nitrogens with two attached hydrogens (primary N) is 1. The average molecular weight is 286 g/mol. The van der Waals surface area contributed by atoms with Gasteiger partial charge in [0, 0.05) is 5.56 Å². The summed E-state index contributed by atoms with van der Waals surface area (Å²) in [6.45, 7) is 0.0357. The smallest absolute Gasteiger partial charge is 0.255 e. The quantitative estimate of drug-likeness (QED) is 0.837. The highest BCUT2D eigenvalue weighted by molar-refractivity contribution is 6.32. The lowest BCUT2D eigenvalue weighted by molar-refractivity contribution is 0.0996. The number of methoxy groups -OCH3 is 2. The second-order valence-corrected chi connectivity index (χ2v) is 3.92. The van der Waals surface area contributed by atoms with E-state index in [4.69, 9.17) is 31.5 Å². The first kappa shape index (κ1) is 13.6. The van der Waals surface area contributed by atoms with Crippen LogP contribution < -0.4 is 15.4 Å². The summed E-state index contributed by atoms with van der Waals surface area (Å²) in [7, 11) is 3.02. The summed E-state index contributed by atoms with van der Waals surface area (Å²) in [5, 5.41) is 4.19. The van der Waals surface area contributed by atoms with Crippen LogP contribution in [0.5, 0.6) is 11.5 Å². The Morgan fingerprint density at radius 2 is 2.11 bits per heavy atom. The van der Waals surface area contributed by atoms with Crippen molar-refractivity contribution in [2.24, 2.45) is 5.90 Å². The van der Waals surface area contributed by atoms with Crippen LogP contribution in [0, 0.1) is 0 Å². The Kier molecular flexibility index (Phi) is 4.20. The Morgan fingerprint density at radius 1 is 1.32 bits per heavy atom. The molecule has 7 nitrogen and oxygen atoms in total. The topological polar surface area (TPSA) is 92.6 Å². The van der Waals surface area contributed by atoms with Crippen molar-refractivity contribution in [3.63, 3.8) is 0 Å². The highest BCUT2D eigenvalue weighted by atomic mass is 35.5. The molecule has 102 valence electrons. The van der Waals surface area contributed by atoms with Gasteiger partial charge in [-0.3, -0.25) is 4.84 Å². The standard InChI is InChI=1S/C11H12ClN3O4/c1-16-8-4-6(3-7(12)10(8)17-2)11-14-9(5-18-13)19-15-11/h3-4H,5,13H2,1-2H3. The van der Waals surface area contributed by atoms with Gasteiger partial charge in [-0.05, 0) is 12.1 Å². The molecule has 1 heterocycles. The van der Waals surface area contributed by atoms with E-state index >= 15 is 0 Å². The molecule has 8 heteroatoms. The molecule has 0 atom stereocenters. The summed E-state index contributed by atoms with van der Waals surface area (Å²) < 4.78 is 15.3.